The molecule has 2 N–H and O–H groups in total. The lowest BCUT2D eigenvalue weighted by molar-refractivity contribution is 0.509. The van der Waals surface area contributed by atoms with Gasteiger partial charge in [-0.2, -0.15) is 0 Å². The molecule has 1 unspecified atom stereocenters. The topological polar surface area (TPSA) is 49.8 Å². The Kier molecular flexibility index (Phi) is 2.68. The molecule has 5 heteroatoms. The number of hydrogen-bond donors (Lipinski definition) is 2. The number of halogens is 1. The molecule has 1 fully saturated rings. The first-order valence-electron chi connectivity index (χ1n) is 5.85. The summed E-state index contributed by atoms with van der Waals surface area (Å²) >= 11 is 5.91. The van der Waals surface area contributed by atoms with Crippen molar-refractivity contribution in [1.82, 2.24) is 14.9 Å². The number of nitrogens with one attached hydrogen (secondary N) is 2. The molecule has 90 valence electrons. The summed E-state index contributed by atoms with van der Waals surface area (Å²) in [6, 6.07) is 5.90. The van der Waals surface area contributed by atoms with Crippen LogP contribution >= 0.6 is 11.6 Å². The Balaban J connectivity index is 2.02. The molecule has 1 aromatic heterocycles. The van der Waals surface area contributed by atoms with E-state index in [0.717, 1.165) is 30.5 Å². The van der Waals surface area contributed by atoms with E-state index >= 15 is 0 Å². The van der Waals surface area contributed by atoms with E-state index in [-0.39, 0.29) is 5.69 Å². The number of benzene rings is 1. The Hall–Kier alpha value is -1.26. The van der Waals surface area contributed by atoms with E-state index in [1.54, 1.807) is 10.6 Å². The third-order valence-electron chi connectivity index (χ3n) is 3.30. The van der Waals surface area contributed by atoms with Crippen LogP contribution in [0.1, 0.15) is 12.8 Å². The third kappa shape index (κ3) is 1.98. The van der Waals surface area contributed by atoms with Crippen LogP contribution in [0.5, 0.6) is 0 Å². The molecule has 1 aromatic carbocycles. The van der Waals surface area contributed by atoms with Crippen molar-refractivity contribution in [2.45, 2.75) is 25.4 Å². The van der Waals surface area contributed by atoms with Gasteiger partial charge >= 0.3 is 5.69 Å². The van der Waals surface area contributed by atoms with Gasteiger partial charge in [0.25, 0.3) is 0 Å². The molecule has 17 heavy (non-hydrogen) atoms. The van der Waals surface area contributed by atoms with Crippen molar-refractivity contribution in [3.8, 4) is 0 Å². The highest BCUT2D eigenvalue weighted by Crippen LogP contribution is 2.17. The highest BCUT2D eigenvalue weighted by atomic mass is 35.5. The number of fused-ring (bicyclic) bond motifs is 1. The zero-order valence-corrected chi connectivity index (χ0v) is 10.1. The second-order valence-electron chi connectivity index (χ2n) is 4.50. The van der Waals surface area contributed by atoms with Gasteiger partial charge in [0.05, 0.1) is 11.0 Å². The fourth-order valence-electron chi connectivity index (χ4n) is 2.45. The van der Waals surface area contributed by atoms with Gasteiger partial charge < -0.3 is 10.3 Å². The van der Waals surface area contributed by atoms with Crippen LogP contribution in [0.25, 0.3) is 11.0 Å². The Labute approximate surface area is 104 Å². The SMILES string of the molecule is O=c1[nH]c2cc(Cl)ccc2n1CC1CCCN1. The van der Waals surface area contributed by atoms with Gasteiger partial charge in [0.2, 0.25) is 0 Å². The van der Waals surface area contributed by atoms with Gasteiger partial charge in [0, 0.05) is 17.6 Å². The summed E-state index contributed by atoms with van der Waals surface area (Å²) in [6.45, 7) is 1.77. The summed E-state index contributed by atoms with van der Waals surface area (Å²) in [7, 11) is 0. The number of imidazole rings is 1. The van der Waals surface area contributed by atoms with E-state index in [1.807, 2.05) is 12.1 Å². The summed E-state index contributed by atoms with van der Waals surface area (Å²) in [5.74, 6) is 0. The van der Waals surface area contributed by atoms with Crippen molar-refractivity contribution in [3.05, 3.63) is 33.7 Å². The Bertz CT molecular complexity index is 595. The maximum Gasteiger partial charge on any atom is 0.326 e. The summed E-state index contributed by atoms with van der Waals surface area (Å²) < 4.78 is 1.79. The average molecular weight is 252 g/mol. The maximum absolute atomic E-state index is 11.9. The second kappa shape index (κ2) is 4.20. The largest absolute Gasteiger partial charge is 0.326 e. The number of aromatic amines is 1. The van der Waals surface area contributed by atoms with Gasteiger partial charge in [-0.15, -0.1) is 0 Å². The fourth-order valence-corrected chi connectivity index (χ4v) is 2.62. The predicted octanol–water partition coefficient (Wildman–Crippen LogP) is 1.73. The first-order chi connectivity index (χ1) is 8.24. The molecule has 0 radical (unpaired) electrons. The van der Waals surface area contributed by atoms with Gasteiger partial charge in [0.1, 0.15) is 0 Å². The molecule has 1 atom stereocenters. The monoisotopic (exact) mass is 251 g/mol. The first-order valence-corrected chi connectivity index (χ1v) is 6.23. The Morgan fingerprint density at radius 2 is 2.35 bits per heavy atom. The zero-order chi connectivity index (χ0) is 11.8. The van der Waals surface area contributed by atoms with Crippen LogP contribution in [0.15, 0.2) is 23.0 Å². The molecule has 2 heterocycles. The highest BCUT2D eigenvalue weighted by molar-refractivity contribution is 6.31. The molecule has 1 saturated heterocycles. The van der Waals surface area contributed by atoms with E-state index in [2.05, 4.69) is 10.3 Å². The standard InChI is InChI=1S/C12H14ClN3O/c13-8-3-4-11-10(6-8)15-12(17)16(11)7-9-2-1-5-14-9/h3-4,6,9,14H,1-2,5,7H2,(H,15,17). The fraction of sp³-hybridized carbons (Fsp3) is 0.417. The zero-order valence-electron chi connectivity index (χ0n) is 9.37. The van der Waals surface area contributed by atoms with Crippen LogP contribution < -0.4 is 11.0 Å². The Morgan fingerprint density at radius 1 is 1.47 bits per heavy atom. The molecule has 3 rings (SSSR count). The van der Waals surface area contributed by atoms with Gasteiger partial charge in [-0.25, -0.2) is 4.79 Å². The smallest absolute Gasteiger partial charge is 0.312 e. The van der Waals surface area contributed by atoms with Crippen molar-refractivity contribution < 1.29 is 0 Å². The van der Waals surface area contributed by atoms with E-state index < -0.39 is 0 Å². The molecule has 1 aliphatic rings. The second-order valence-corrected chi connectivity index (χ2v) is 4.93. The average Bonchev–Trinajstić information content (AvgIpc) is 2.88. The number of nitrogens with zero attached hydrogens (tertiary/aromatic N) is 1. The minimum atomic E-state index is -0.0593. The lowest BCUT2D eigenvalue weighted by Crippen LogP contribution is -2.31. The quantitative estimate of drug-likeness (QED) is 0.854. The summed E-state index contributed by atoms with van der Waals surface area (Å²) in [5, 5.41) is 4.04. The van der Waals surface area contributed by atoms with E-state index in [0.29, 0.717) is 11.1 Å². The van der Waals surface area contributed by atoms with Crippen LogP contribution in [-0.2, 0) is 6.54 Å². The van der Waals surface area contributed by atoms with Crippen molar-refractivity contribution in [1.29, 1.82) is 0 Å². The van der Waals surface area contributed by atoms with Gasteiger partial charge in [-0.1, -0.05) is 11.6 Å². The van der Waals surface area contributed by atoms with Gasteiger partial charge in [-0.05, 0) is 37.6 Å². The summed E-state index contributed by atoms with van der Waals surface area (Å²) in [4.78, 5) is 14.7. The molecule has 2 aromatic rings. The van der Waals surface area contributed by atoms with E-state index in [4.69, 9.17) is 11.6 Å². The number of aromatic nitrogens is 2. The molecule has 0 bridgehead atoms. The molecular formula is C12H14ClN3O. The molecule has 0 amide bonds. The normalized spacial score (nSPS) is 20.2. The van der Waals surface area contributed by atoms with Crippen LogP contribution in [0.4, 0.5) is 0 Å². The number of hydrogen-bond acceptors (Lipinski definition) is 2. The van der Waals surface area contributed by atoms with Crippen molar-refractivity contribution in [2.24, 2.45) is 0 Å². The third-order valence-corrected chi connectivity index (χ3v) is 3.54. The summed E-state index contributed by atoms with van der Waals surface area (Å²) in [5.41, 5.74) is 1.67. The molecule has 0 aliphatic carbocycles. The van der Waals surface area contributed by atoms with Crippen molar-refractivity contribution >= 4 is 22.6 Å². The number of H-pyrrole nitrogens is 1. The predicted molar refractivity (Wildman–Crippen MR) is 68.6 cm³/mol. The minimum Gasteiger partial charge on any atom is -0.312 e. The Morgan fingerprint density at radius 3 is 3.12 bits per heavy atom. The first kappa shape index (κ1) is 10.9. The highest BCUT2D eigenvalue weighted by Gasteiger charge is 2.17. The maximum atomic E-state index is 11.9. The van der Waals surface area contributed by atoms with Crippen LogP contribution in [-0.4, -0.2) is 22.1 Å². The molecule has 0 saturated carbocycles. The molecule has 1 aliphatic heterocycles. The van der Waals surface area contributed by atoms with Crippen LogP contribution in [0.3, 0.4) is 0 Å². The van der Waals surface area contributed by atoms with E-state index in [1.165, 1.54) is 6.42 Å². The number of rotatable bonds is 2. The van der Waals surface area contributed by atoms with Crippen LogP contribution in [0.2, 0.25) is 5.02 Å². The van der Waals surface area contributed by atoms with E-state index in [9.17, 15) is 4.79 Å². The molecule has 4 nitrogen and oxygen atoms in total. The minimum absolute atomic E-state index is 0.0593. The van der Waals surface area contributed by atoms with Gasteiger partial charge in [0.15, 0.2) is 0 Å². The van der Waals surface area contributed by atoms with Gasteiger partial charge in [-0.3, -0.25) is 4.57 Å². The van der Waals surface area contributed by atoms with Crippen LogP contribution in [0, 0.1) is 0 Å². The summed E-state index contributed by atoms with van der Waals surface area (Å²) in [6.07, 6.45) is 2.32. The lowest BCUT2D eigenvalue weighted by atomic mass is 10.2. The van der Waals surface area contributed by atoms with Crippen molar-refractivity contribution in [2.75, 3.05) is 6.54 Å². The van der Waals surface area contributed by atoms with Crippen molar-refractivity contribution in [3.63, 3.8) is 0 Å². The lowest BCUT2D eigenvalue weighted by Gasteiger charge is -2.10. The molecule has 0 spiro atoms. The molecular weight excluding hydrogens is 238 g/mol.